The summed E-state index contributed by atoms with van der Waals surface area (Å²) < 4.78 is 6.15. The molecule has 0 aromatic heterocycles. The highest BCUT2D eigenvalue weighted by molar-refractivity contribution is 9.10. The van der Waals surface area contributed by atoms with E-state index in [1.807, 2.05) is 36.4 Å². The van der Waals surface area contributed by atoms with Crippen molar-refractivity contribution in [3.8, 4) is 5.75 Å². The van der Waals surface area contributed by atoms with Crippen LogP contribution in [-0.4, -0.2) is 19.0 Å². The van der Waals surface area contributed by atoms with Crippen molar-refractivity contribution in [1.29, 1.82) is 0 Å². The maximum Gasteiger partial charge on any atom is 0.319 e. The molecule has 0 unspecified atom stereocenters. The number of urea groups is 1. The Hall–Kier alpha value is -2.80. The predicted octanol–water partition coefficient (Wildman–Crippen LogP) is 3.72. The normalized spacial score (nSPS) is 16.6. The Labute approximate surface area is 159 Å². The van der Waals surface area contributed by atoms with Crippen LogP contribution >= 0.6 is 15.9 Å². The van der Waals surface area contributed by atoms with E-state index in [1.54, 1.807) is 26.2 Å². The molecule has 0 saturated carbocycles. The summed E-state index contributed by atoms with van der Waals surface area (Å²) in [6, 6.07) is 13.7. The van der Waals surface area contributed by atoms with Gasteiger partial charge in [-0.05, 0) is 36.8 Å². The fraction of sp³-hybridized carbons (Fsp3) is 0.158. The highest BCUT2D eigenvalue weighted by Crippen LogP contribution is 2.30. The van der Waals surface area contributed by atoms with E-state index in [0.717, 1.165) is 10.0 Å². The van der Waals surface area contributed by atoms with E-state index in [-0.39, 0.29) is 11.9 Å². The molecule has 0 aliphatic carbocycles. The number of methoxy groups -OCH3 is 1. The molecule has 1 atom stereocenters. The fourth-order valence-corrected chi connectivity index (χ4v) is 3.29. The van der Waals surface area contributed by atoms with E-state index < -0.39 is 6.04 Å². The summed E-state index contributed by atoms with van der Waals surface area (Å²) in [5.74, 6) is 0.246. The van der Waals surface area contributed by atoms with Gasteiger partial charge in [-0.2, -0.15) is 0 Å². The van der Waals surface area contributed by atoms with E-state index in [4.69, 9.17) is 4.74 Å². The van der Waals surface area contributed by atoms with Crippen molar-refractivity contribution >= 4 is 33.6 Å². The molecule has 3 amide bonds. The van der Waals surface area contributed by atoms with Gasteiger partial charge in [0.25, 0.3) is 5.91 Å². The molecule has 1 heterocycles. The first-order valence-electron chi connectivity index (χ1n) is 7.97. The van der Waals surface area contributed by atoms with Gasteiger partial charge >= 0.3 is 6.03 Å². The third-order valence-electron chi connectivity index (χ3n) is 4.05. The van der Waals surface area contributed by atoms with Gasteiger partial charge in [0.05, 0.1) is 24.4 Å². The van der Waals surface area contributed by atoms with Gasteiger partial charge in [-0.25, -0.2) is 4.79 Å². The fourth-order valence-electron chi connectivity index (χ4n) is 2.87. The molecule has 1 aliphatic heterocycles. The van der Waals surface area contributed by atoms with Crippen molar-refractivity contribution < 1.29 is 14.3 Å². The number of halogens is 1. The maximum atomic E-state index is 13.0. The summed E-state index contributed by atoms with van der Waals surface area (Å²) in [7, 11) is 1.54. The number of hydrogen-bond acceptors (Lipinski definition) is 3. The summed E-state index contributed by atoms with van der Waals surface area (Å²) in [6.07, 6.45) is 0. The highest BCUT2D eigenvalue weighted by Gasteiger charge is 2.31. The van der Waals surface area contributed by atoms with Crippen LogP contribution in [0.3, 0.4) is 0 Å². The lowest BCUT2D eigenvalue weighted by molar-refractivity contribution is -0.113. The second kappa shape index (κ2) is 7.61. The van der Waals surface area contributed by atoms with Crippen molar-refractivity contribution in [3.05, 3.63) is 69.8 Å². The van der Waals surface area contributed by atoms with Crippen LogP contribution in [0.15, 0.2) is 64.3 Å². The molecule has 26 heavy (non-hydrogen) atoms. The van der Waals surface area contributed by atoms with Gasteiger partial charge in [-0.3, -0.25) is 4.79 Å². The topological polar surface area (TPSA) is 79.5 Å². The molecule has 2 aromatic rings. The molecule has 0 radical (unpaired) electrons. The van der Waals surface area contributed by atoms with Crippen molar-refractivity contribution in [1.82, 2.24) is 10.6 Å². The number of rotatable bonds is 4. The highest BCUT2D eigenvalue weighted by atomic mass is 79.9. The Morgan fingerprint density at radius 2 is 1.96 bits per heavy atom. The van der Waals surface area contributed by atoms with Crippen molar-refractivity contribution in [2.45, 2.75) is 13.0 Å². The number of para-hydroxylation sites is 2. The van der Waals surface area contributed by atoms with Crippen molar-refractivity contribution in [3.63, 3.8) is 0 Å². The van der Waals surface area contributed by atoms with Gasteiger partial charge in [-0.15, -0.1) is 0 Å². The molecule has 7 heteroatoms. The average Bonchev–Trinajstić information content (AvgIpc) is 2.61. The summed E-state index contributed by atoms with van der Waals surface area (Å²) in [6.45, 7) is 1.71. The minimum atomic E-state index is -0.559. The first-order chi connectivity index (χ1) is 12.5. The zero-order valence-electron chi connectivity index (χ0n) is 14.3. The van der Waals surface area contributed by atoms with Crippen LogP contribution in [0.1, 0.15) is 18.5 Å². The Morgan fingerprint density at radius 3 is 2.69 bits per heavy atom. The second-order valence-electron chi connectivity index (χ2n) is 5.78. The largest absolute Gasteiger partial charge is 0.495 e. The van der Waals surface area contributed by atoms with Gasteiger partial charge in [0, 0.05) is 10.2 Å². The van der Waals surface area contributed by atoms with Crippen LogP contribution in [0.2, 0.25) is 0 Å². The predicted molar refractivity (Wildman–Crippen MR) is 103 cm³/mol. The third kappa shape index (κ3) is 3.72. The smallest absolute Gasteiger partial charge is 0.319 e. The molecule has 0 saturated heterocycles. The summed E-state index contributed by atoms with van der Waals surface area (Å²) in [4.78, 5) is 24.9. The molecule has 0 bridgehead atoms. The van der Waals surface area contributed by atoms with Gasteiger partial charge in [0.15, 0.2) is 0 Å². The van der Waals surface area contributed by atoms with E-state index in [9.17, 15) is 9.59 Å². The van der Waals surface area contributed by atoms with Crippen LogP contribution < -0.4 is 20.7 Å². The summed E-state index contributed by atoms with van der Waals surface area (Å²) in [5, 5.41) is 8.35. The van der Waals surface area contributed by atoms with Crippen LogP contribution in [0, 0.1) is 0 Å². The van der Waals surface area contributed by atoms with Crippen molar-refractivity contribution in [2.24, 2.45) is 0 Å². The first-order valence-corrected chi connectivity index (χ1v) is 8.77. The minimum Gasteiger partial charge on any atom is -0.495 e. The molecule has 0 fully saturated rings. The molecule has 3 N–H and O–H groups in total. The average molecular weight is 416 g/mol. The lowest BCUT2D eigenvalue weighted by atomic mass is 9.95. The van der Waals surface area contributed by atoms with Gasteiger partial charge < -0.3 is 20.7 Å². The molecule has 3 rings (SSSR count). The molecule has 134 valence electrons. The van der Waals surface area contributed by atoms with Gasteiger partial charge in [0.1, 0.15) is 5.75 Å². The SMILES string of the molecule is COc1ccccc1NC(=O)C1=C(C)NC(=O)N[C@@H]1c1cccc(Br)c1. The lowest BCUT2D eigenvalue weighted by Gasteiger charge is -2.29. The first kappa shape index (κ1) is 18.0. The van der Waals surface area contributed by atoms with Crippen LogP contribution in [-0.2, 0) is 4.79 Å². The maximum absolute atomic E-state index is 13.0. The molecular weight excluding hydrogens is 398 g/mol. The molecule has 6 nitrogen and oxygen atoms in total. The molecular formula is C19H18BrN3O3. The number of nitrogens with one attached hydrogen (secondary N) is 3. The quantitative estimate of drug-likeness (QED) is 0.711. The van der Waals surface area contributed by atoms with Crippen LogP contribution in [0.4, 0.5) is 10.5 Å². The van der Waals surface area contributed by atoms with E-state index in [1.165, 1.54) is 0 Å². The summed E-state index contributed by atoms with van der Waals surface area (Å²) >= 11 is 3.43. The summed E-state index contributed by atoms with van der Waals surface area (Å²) in [5.41, 5.74) is 2.31. The van der Waals surface area contributed by atoms with E-state index in [0.29, 0.717) is 22.7 Å². The van der Waals surface area contributed by atoms with Crippen molar-refractivity contribution in [2.75, 3.05) is 12.4 Å². The number of ether oxygens (including phenoxy) is 1. The van der Waals surface area contributed by atoms with Gasteiger partial charge in [-0.1, -0.05) is 40.2 Å². The van der Waals surface area contributed by atoms with Crippen LogP contribution in [0.25, 0.3) is 0 Å². The minimum absolute atomic E-state index is 0.315. The number of carbonyl (C=O) groups excluding carboxylic acids is 2. The number of anilines is 1. The molecule has 1 aliphatic rings. The standard InChI is InChI=1S/C19H18BrN3O3/c1-11-16(18(24)22-14-8-3-4-9-15(14)26-2)17(23-19(25)21-11)12-6-5-7-13(20)10-12/h3-10,17H,1-2H3,(H,22,24)(H2,21,23,25)/t17-/m1/s1. The molecule has 0 spiro atoms. The third-order valence-corrected chi connectivity index (χ3v) is 4.54. The van der Waals surface area contributed by atoms with Crippen LogP contribution in [0.5, 0.6) is 5.75 Å². The zero-order chi connectivity index (χ0) is 18.7. The number of amides is 3. The Balaban J connectivity index is 1.97. The number of benzene rings is 2. The lowest BCUT2D eigenvalue weighted by Crippen LogP contribution is -2.46. The molecule has 2 aromatic carbocycles. The Morgan fingerprint density at radius 1 is 1.19 bits per heavy atom. The van der Waals surface area contributed by atoms with E-state index >= 15 is 0 Å². The Bertz CT molecular complexity index is 895. The number of allylic oxidation sites excluding steroid dienone is 1. The number of hydrogen-bond donors (Lipinski definition) is 3. The van der Waals surface area contributed by atoms with E-state index in [2.05, 4.69) is 31.9 Å². The zero-order valence-corrected chi connectivity index (χ0v) is 15.9. The second-order valence-corrected chi connectivity index (χ2v) is 6.70. The Kier molecular flexibility index (Phi) is 5.27. The number of carbonyl (C=O) groups is 2. The van der Waals surface area contributed by atoms with Gasteiger partial charge in [0.2, 0.25) is 0 Å². The monoisotopic (exact) mass is 415 g/mol.